The number of methoxy groups -OCH3 is 1. The van der Waals surface area contributed by atoms with Crippen LogP contribution in [0.25, 0.3) is 0 Å². The fraction of sp³-hybridized carbons (Fsp3) is 0.500. The molecule has 0 radical (unpaired) electrons. The van der Waals surface area contributed by atoms with E-state index >= 15 is 0 Å². The monoisotopic (exact) mass is 307 g/mol. The minimum Gasteiger partial charge on any atom is -0.492 e. The normalized spacial score (nSPS) is 11.6. The van der Waals surface area contributed by atoms with Crippen LogP contribution >= 0.6 is 0 Å². The smallest absolute Gasteiger partial charge is 0.241 e. The van der Waals surface area contributed by atoms with Crippen molar-refractivity contribution in [3.63, 3.8) is 0 Å². The number of benzene rings is 1. The molecule has 1 aromatic rings. The van der Waals surface area contributed by atoms with Gasteiger partial charge >= 0.3 is 0 Å². The summed E-state index contributed by atoms with van der Waals surface area (Å²) < 4.78 is 51.0. The molecule has 20 heavy (non-hydrogen) atoms. The van der Waals surface area contributed by atoms with Crippen molar-refractivity contribution in [2.24, 2.45) is 5.14 Å². The molecule has 1 rings (SSSR count). The zero-order valence-corrected chi connectivity index (χ0v) is 12.0. The minimum atomic E-state index is -4.02. The molecule has 0 spiro atoms. The standard InChI is InChI=1S/C12H18FNO5S/c1-17-7-8-18-5-2-6-19-11-4-3-10(13)9-12(11)20(14,15)16/h3-4,9H,2,5-8H2,1H3,(H2,14,15,16). The summed E-state index contributed by atoms with van der Waals surface area (Å²) >= 11 is 0. The number of hydrogen-bond acceptors (Lipinski definition) is 5. The summed E-state index contributed by atoms with van der Waals surface area (Å²) in [6.07, 6.45) is 0.561. The first-order valence-electron chi connectivity index (χ1n) is 5.97. The Morgan fingerprint density at radius 2 is 1.95 bits per heavy atom. The topological polar surface area (TPSA) is 87.8 Å². The Morgan fingerprint density at radius 3 is 2.60 bits per heavy atom. The van der Waals surface area contributed by atoms with Crippen molar-refractivity contribution < 1.29 is 27.0 Å². The van der Waals surface area contributed by atoms with Gasteiger partial charge in [-0.25, -0.2) is 17.9 Å². The zero-order valence-electron chi connectivity index (χ0n) is 11.2. The summed E-state index contributed by atoms with van der Waals surface area (Å²) in [6.45, 7) is 1.68. The van der Waals surface area contributed by atoms with Crippen LogP contribution in [0.1, 0.15) is 6.42 Å². The molecular formula is C12H18FNO5S. The first-order chi connectivity index (χ1) is 9.45. The Kier molecular flexibility index (Phi) is 6.86. The maximum Gasteiger partial charge on any atom is 0.241 e. The number of halogens is 1. The lowest BCUT2D eigenvalue weighted by Crippen LogP contribution is -2.15. The molecule has 2 N–H and O–H groups in total. The number of rotatable bonds is 9. The highest BCUT2D eigenvalue weighted by molar-refractivity contribution is 7.89. The highest BCUT2D eigenvalue weighted by Gasteiger charge is 2.16. The van der Waals surface area contributed by atoms with Gasteiger partial charge in [-0.2, -0.15) is 0 Å². The number of ether oxygens (including phenoxy) is 3. The molecule has 6 nitrogen and oxygen atoms in total. The largest absolute Gasteiger partial charge is 0.492 e. The predicted octanol–water partition coefficient (Wildman–Crippen LogP) is 0.905. The highest BCUT2D eigenvalue weighted by atomic mass is 32.2. The molecule has 1 aromatic carbocycles. The average Bonchev–Trinajstić information content (AvgIpc) is 2.38. The van der Waals surface area contributed by atoms with E-state index in [0.29, 0.717) is 26.2 Å². The van der Waals surface area contributed by atoms with E-state index in [1.807, 2.05) is 0 Å². The first kappa shape index (κ1) is 16.8. The summed E-state index contributed by atoms with van der Waals surface area (Å²) in [7, 11) is -2.44. The van der Waals surface area contributed by atoms with Gasteiger partial charge < -0.3 is 14.2 Å². The third-order valence-corrected chi connectivity index (χ3v) is 3.27. The van der Waals surface area contributed by atoms with Crippen LogP contribution in [0.5, 0.6) is 5.75 Å². The van der Waals surface area contributed by atoms with Gasteiger partial charge in [-0.1, -0.05) is 0 Å². The Bertz CT molecular complexity index is 521. The number of primary sulfonamides is 1. The number of sulfonamides is 1. The molecule has 114 valence electrons. The Balaban J connectivity index is 2.48. The second-order valence-corrected chi connectivity index (χ2v) is 5.47. The summed E-state index contributed by atoms with van der Waals surface area (Å²) in [5.74, 6) is -0.657. The molecule has 0 atom stereocenters. The van der Waals surface area contributed by atoms with Crippen molar-refractivity contribution in [2.45, 2.75) is 11.3 Å². The van der Waals surface area contributed by atoms with Gasteiger partial charge in [0, 0.05) is 20.1 Å². The SMILES string of the molecule is COCCOCCCOc1ccc(F)cc1S(N)(=O)=O. The van der Waals surface area contributed by atoms with Crippen molar-refractivity contribution in [3.05, 3.63) is 24.0 Å². The molecule has 0 aliphatic rings. The van der Waals surface area contributed by atoms with Crippen molar-refractivity contribution >= 4 is 10.0 Å². The molecule has 0 saturated carbocycles. The van der Waals surface area contributed by atoms with E-state index in [2.05, 4.69) is 0 Å². The van der Waals surface area contributed by atoms with Crippen molar-refractivity contribution in [1.82, 2.24) is 0 Å². The van der Waals surface area contributed by atoms with Gasteiger partial charge in [0.05, 0.1) is 19.8 Å². The molecule has 0 aliphatic carbocycles. The van der Waals surface area contributed by atoms with Gasteiger partial charge in [0.15, 0.2) is 0 Å². The first-order valence-corrected chi connectivity index (χ1v) is 7.51. The van der Waals surface area contributed by atoms with E-state index in [9.17, 15) is 12.8 Å². The molecule has 0 amide bonds. The maximum absolute atomic E-state index is 13.0. The average molecular weight is 307 g/mol. The second-order valence-electron chi connectivity index (χ2n) is 3.94. The van der Waals surface area contributed by atoms with E-state index in [4.69, 9.17) is 19.3 Å². The predicted molar refractivity (Wildman–Crippen MR) is 70.6 cm³/mol. The molecule has 0 aliphatic heterocycles. The van der Waals surface area contributed by atoms with Crippen LogP contribution in [0.4, 0.5) is 4.39 Å². The fourth-order valence-corrected chi connectivity index (χ4v) is 2.10. The van der Waals surface area contributed by atoms with Gasteiger partial charge in [0.25, 0.3) is 0 Å². The fourth-order valence-electron chi connectivity index (χ4n) is 1.41. The Labute approximate surface area is 117 Å². The third kappa shape index (κ3) is 5.83. The van der Waals surface area contributed by atoms with Gasteiger partial charge in [-0.3, -0.25) is 0 Å². The highest BCUT2D eigenvalue weighted by Crippen LogP contribution is 2.23. The van der Waals surface area contributed by atoms with E-state index in [1.165, 1.54) is 6.07 Å². The van der Waals surface area contributed by atoms with Crippen molar-refractivity contribution in [2.75, 3.05) is 33.5 Å². The second kappa shape index (κ2) is 8.15. The van der Waals surface area contributed by atoms with E-state index in [0.717, 1.165) is 12.1 Å². The lowest BCUT2D eigenvalue weighted by molar-refractivity contribution is 0.0643. The maximum atomic E-state index is 13.0. The molecule has 0 aromatic heterocycles. The summed E-state index contributed by atoms with van der Waals surface area (Å²) in [5, 5.41) is 5.00. The van der Waals surface area contributed by atoms with Crippen molar-refractivity contribution in [3.8, 4) is 5.75 Å². The molecule has 0 bridgehead atoms. The van der Waals surface area contributed by atoms with Crippen LogP contribution in [-0.2, 0) is 19.5 Å². The van der Waals surface area contributed by atoms with Crippen LogP contribution < -0.4 is 9.88 Å². The van der Waals surface area contributed by atoms with Crippen molar-refractivity contribution in [1.29, 1.82) is 0 Å². The third-order valence-electron chi connectivity index (χ3n) is 2.33. The van der Waals surface area contributed by atoms with Gasteiger partial charge in [0.1, 0.15) is 16.5 Å². The Hall–Kier alpha value is -1.22. The van der Waals surface area contributed by atoms with Crippen LogP contribution in [0.2, 0.25) is 0 Å². The van der Waals surface area contributed by atoms with E-state index in [1.54, 1.807) is 7.11 Å². The zero-order chi connectivity index (χ0) is 15.0. The molecule has 8 heteroatoms. The van der Waals surface area contributed by atoms with Gasteiger partial charge in [-0.05, 0) is 18.2 Å². The minimum absolute atomic E-state index is 0.0331. The molecule has 0 saturated heterocycles. The summed E-state index contributed by atoms with van der Waals surface area (Å²) in [4.78, 5) is -0.363. The number of nitrogens with two attached hydrogens (primary N) is 1. The lowest BCUT2D eigenvalue weighted by Gasteiger charge is -2.10. The van der Waals surface area contributed by atoms with Crippen LogP contribution in [0, 0.1) is 5.82 Å². The quantitative estimate of drug-likeness (QED) is 0.685. The van der Waals surface area contributed by atoms with Crippen LogP contribution in [0.3, 0.4) is 0 Å². The summed E-state index contributed by atoms with van der Waals surface area (Å²) in [5.41, 5.74) is 0. The molecule has 0 heterocycles. The van der Waals surface area contributed by atoms with Crippen LogP contribution in [-0.4, -0.2) is 42.0 Å². The van der Waals surface area contributed by atoms with Gasteiger partial charge in [0.2, 0.25) is 10.0 Å². The Morgan fingerprint density at radius 1 is 1.20 bits per heavy atom. The lowest BCUT2D eigenvalue weighted by atomic mass is 10.3. The van der Waals surface area contributed by atoms with E-state index < -0.39 is 15.8 Å². The van der Waals surface area contributed by atoms with Gasteiger partial charge in [-0.15, -0.1) is 0 Å². The summed E-state index contributed by atoms with van der Waals surface area (Å²) in [6, 6.07) is 3.18. The molecule has 0 fully saturated rings. The van der Waals surface area contributed by atoms with E-state index in [-0.39, 0.29) is 17.3 Å². The molecular weight excluding hydrogens is 289 g/mol. The molecule has 0 unspecified atom stereocenters. The van der Waals surface area contributed by atoms with Crippen LogP contribution in [0.15, 0.2) is 23.1 Å². The number of hydrogen-bond donors (Lipinski definition) is 1.